The first-order chi connectivity index (χ1) is 10.5. The number of alkyl halides is 3. The van der Waals surface area contributed by atoms with E-state index in [1.165, 1.54) is 19.2 Å². The maximum atomic E-state index is 12.9. The van der Waals surface area contributed by atoms with Gasteiger partial charge in [0.15, 0.2) is 0 Å². The fourth-order valence-corrected chi connectivity index (χ4v) is 2.55. The lowest BCUT2D eigenvalue weighted by Gasteiger charge is -2.11. The third kappa shape index (κ3) is 2.60. The van der Waals surface area contributed by atoms with Gasteiger partial charge in [0.25, 0.3) is 0 Å². The Morgan fingerprint density at radius 2 is 1.73 bits per heavy atom. The number of benzene rings is 2. The molecule has 0 N–H and O–H groups in total. The van der Waals surface area contributed by atoms with Crippen molar-refractivity contribution in [3.8, 4) is 11.3 Å². The van der Waals surface area contributed by atoms with Crippen LogP contribution in [0.2, 0.25) is 0 Å². The molecule has 0 spiro atoms. The fourth-order valence-electron chi connectivity index (χ4n) is 2.55. The summed E-state index contributed by atoms with van der Waals surface area (Å²) in [6.45, 7) is 0.190. The zero-order valence-corrected chi connectivity index (χ0v) is 11.9. The Balaban J connectivity index is 2.24. The molecule has 0 atom stereocenters. The molecular weight excluding hydrogens is 291 g/mol. The van der Waals surface area contributed by atoms with Crippen molar-refractivity contribution in [2.24, 2.45) is 0 Å². The van der Waals surface area contributed by atoms with Crippen LogP contribution in [0.5, 0.6) is 0 Å². The lowest BCUT2D eigenvalue weighted by Crippen LogP contribution is -2.06. The molecule has 0 bridgehead atoms. The first kappa shape index (κ1) is 14.7. The van der Waals surface area contributed by atoms with E-state index in [0.29, 0.717) is 5.52 Å². The quantitative estimate of drug-likeness (QED) is 0.669. The highest BCUT2D eigenvalue weighted by Gasteiger charge is 2.31. The van der Waals surface area contributed by atoms with Crippen LogP contribution in [-0.2, 0) is 17.6 Å². The number of rotatable bonds is 3. The molecule has 1 heterocycles. The SMILES string of the molecule is COCn1c(-c2ccccc2)cc2ccc(C(F)(F)F)cc21. The highest BCUT2D eigenvalue weighted by molar-refractivity contribution is 5.87. The van der Waals surface area contributed by atoms with Crippen LogP contribution in [0.4, 0.5) is 13.2 Å². The van der Waals surface area contributed by atoms with E-state index < -0.39 is 11.7 Å². The largest absolute Gasteiger partial charge is 0.416 e. The minimum Gasteiger partial charge on any atom is -0.364 e. The predicted octanol–water partition coefficient (Wildman–Crippen LogP) is 4.93. The van der Waals surface area contributed by atoms with Gasteiger partial charge >= 0.3 is 6.18 Å². The van der Waals surface area contributed by atoms with E-state index in [0.717, 1.165) is 22.7 Å². The van der Waals surface area contributed by atoms with Gasteiger partial charge in [-0.25, -0.2) is 0 Å². The van der Waals surface area contributed by atoms with Crippen LogP contribution in [0.15, 0.2) is 54.6 Å². The number of fused-ring (bicyclic) bond motifs is 1. The summed E-state index contributed by atoms with van der Waals surface area (Å²) in [5.74, 6) is 0. The summed E-state index contributed by atoms with van der Waals surface area (Å²) >= 11 is 0. The van der Waals surface area contributed by atoms with Crippen LogP contribution in [0.3, 0.4) is 0 Å². The predicted molar refractivity (Wildman–Crippen MR) is 79.4 cm³/mol. The van der Waals surface area contributed by atoms with E-state index in [1.807, 2.05) is 36.4 Å². The van der Waals surface area contributed by atoms with Crippen molar-refractivity contribution in [2.45, 2.75) is 12.9 Å². The molecule has 3 aromatic rings. The van der Waals surface area contributed by atoms with E-state index in [-0.39, 0.29) is 6.73 Å². The second-order valence-corrected chi connectivity index (χ2v) is 5.01. The average Bonchev–Trinajstić information content (AvgIpc) is 2.86. The molecule has 0 aliphatic heterocycles. The summed E-state index contributed by atoms with van der Waals surface area (Å²) in [6.07, 6.45) is -4.36. The molecule has 1 aromatic heterocycles. The number of aromatic nitrogens is 1. The number of nitrogens with zero attached hydrogens (tertiary/aromatic N) is 1. The van der Waals surface area contributed by atoms with Gasteiger partial charge < -0.3 is 9.30 Å². The van der Waals surface area contributed by atoms with Gasteiger partial charge in [-0.2, -0.15) is 13.2 Å². The van der Waals surface area contributed by atoms with Crippen molar-refractivity contribution in [3.05, 3.63) is 60.2 Å². The Labute approximate surface area is 125 Å². The van der Waals surface area contributed by atoms with Gasteiger partial charge in [0, 0.05) is 12.5 Å². The van der Waals surface area contributed by atoms with Crippen molar-refractivity contribution >= 4 is 10.9 Å². The van der Waals surface area contributed by atoms with Crippen LogP contribution in [0.25, 0.3) is 22.2 Å². The first-order valence-corrected chi connectivity index (χ1v) is 6.75. The van der Waals surface area contributed by atoms with Gasteiger partial charge in [-0.05, 0) is 23.8 Å². The third-order valence-corrected chi connectivity index (χ3v) is 3.56. The average molecular weight is 305 g/mol. The summed E-state index contributed by atoms with van der Waals surface area (Å²) in [7, 11) is 1.52. The number of methoxy groups -OCH3 is 1. The van der Waals surface area contributed by atoms with Gasteiger partial charge in [-0.3, -0.25) is 0 Å². The maximum absolute atomic E-state index is 12.9. The molecule has 0 saturated carbocycles. The summed E-state index contributed by atoms with van der Waals surface area (Å²) in [6, 6.07) is 15.2. The summed E-state index contributed by atoms with van der Waals surface area (Å²) < 4.78 is 45.7. The monoisotopic (exact) mass is 305 g/mol. The lowest BCUT2D eigenvalue weighted by atomic mass is 10.1. The van der Waals surface area contributed by atoms with Crippen molar-refractivity contribution in [3.63, 3.8) is 0 Å². The molecule has 3 rings (SSSR count). The van der Waals surface area contributed by atoms with Crippen molar-refractivity contribution < 1.29 is 17.9 Å². The number of hydrogen-bond acceptors (Lipinski definition) is 1. The highest BCUT2D eigenvalue weighted by Crippen LogP contribution is 2.34. The molecule has 2 aromatic carbocycles. The molecule has 0 aliphatic carbocycles. The van der Waals surface area contributed by atoms with Gasteiger partial charge in [-0.1, -0.05) is 36.4 Å². The van der Waals surface area contributed by atoms with Crippen LogP contribution < -0.4 is 0 Å². The van der Waals surface area contributed by atoms with Gasteiger partial charge in [0.05, 0.1) is 16.8 Å². The number of halogens is 3. The summed E-state index contributed by atoms with van der Waals surface area (Å²) in [4.78, 5) is 0. The zero-order chi connectivity index (χ0) is 15.7. The zero-order valence-electron chi connectivity index (χ0n) is 11.9. The molecule has 0 unspecified atom stereocenters. The second-order valence-electron chi connectivity index (χ2n) is 5.01. The van der Waals surface area contributed by atoms with Crippen molar-refractivity contribution in [2.75, 3.05) is 7.11 Å². The first-order valence-electron chi connectivity index (χ1n) is 6.75. The minimum absolute atomic E-state index is 0.190. The Bertz CT molecular complexity index is 791. The van der Waals surface area contributed by atoms with E-state index >= 15 is 0 Å². The molecule has 0 amide bonds. The lowest BCUT2D eigenvalue weighted by molar-refractivity contribution is -0.137. The normalized spacial score (nSPS) is 12.0. The fraction of sp³-hybridized carbons (Fsp3) is 0.176. The Kier molecular flexibility index (Phi) is 3.66. The molecule has 0 saturated heterocycles. The minimum atomic E-state index is -4.36. The molecule has 0 radical (unpaired) electrons. The standard InChI is InChI=1S/C17H14F3NO/c1-22-11-21-15(12-5-3-2-4-6-12)9-13-7-8-14(10-16(13)21)17(18,19)20/h2-10H,11H2,1H3. The van der Waals surface area contributed by atoms with Crippen LogP contribution in [0, 0.1) is 0 Å². The van der Waals surface area contributed by atoms with E-state index in [2.05, 4.69) is 0 Å². The third-order valence-electron chi connectivity index (χ3n) is 3.56. The molecule has 5 heteroatoms. The van der Waals surface area contributed by atoms with E-state index in [4.69, 9.17) is 4.74 Å². The van der Waals surface area contributed by atoms with Gasteiger partial charge in [-0.15, -0.1) is 0 Å². The Morgan fingerprint density at radius 1 is 1.00 bits per heavy atom. The van der Waals surface area contributed by atoms with Crippen molar-refractivity contribution in [1.82, 2.24) is 4.57 Å². The number of hydrogen-bond donors (Lipinski definition) is 0. The smallest absolute Gasteiger partial charge is 0.364 e. The molecular formula is C17H14F3NO. The van der Waals surface area contributed by atoms with Crippen molar-refractivity contribution in [1.29, 1.82) is 0 Å². The van der Waals surface area contributed by atoms with Crippen LogP contribution in [0.1, 0.15) is 5.56 Å². The van der Waals surface area contributed by atoms with E-state index in [1.54, 1.807) is 4.57 Å². The number of ether oxygens (including phenoxy) is 1. The molecule has 2 nitrogen and oxygen atoms in total. The molecule has 22 heavy (non-hydrogen) atoms. The Hall–Kier alpha value is -2.27. The molecule has 114 valence electrons. The maximum Gasteiger partial charge on any atom is 0.416 e. The topological polar surface area (TPSA) is 14.2 Å². The molecule has 0 aliphatic rings. The van der Waals surface area contributed by atoms with Crippen LogP contribution in [-0.4, -0.2) is 11.7 Å². The van der Waals surface area contributed by atoms with Crippen LogP contribution >= 0.6 is 0 Å². The summed E-state index contributed by atoms with van der Waals surface area (Å²) in [5.41, 5.74) is 1.62. The Morgan fingerprint density at radius 3 is 2.36 bits per heavy atom. The molecule has 0 fully saturated rings. The second kappa shape index (κ2) is 5.50. The van der Waals surface area contributed by atoms with Gasteiger partial charge in [0.2, 0.25) is 0 Å². The highest BCUT2D eigenvalue weighted by atomic mass is 19.4. The van der Waals surface area contributed by atoms with E-state index in [9.17, 15) is 13.2 Å². The van der Waals surface area contributed by atoms with Gasteiger partial charge in [0.1, 0.15) is 6.73 Å². The summed E-state index contributed by atoms with van der Waals surface area (Å²) in [5, 5.41) is 0.754.